The third kappa shape index (κ3) is 2.93. The molecule has 0 aromatic rings. The van der Waals surface area contributed by atoms with Gasteiger partial charge < -0.3 is 16.0 Å². The van der Waals surface area contributed by atoms with Crippen LogP contribution in [0.5, 0.6) is 0 Å². The third-order valence-electron chi connectivity index (χ3n) is 3.21. The molecule has 3 heteroatoms. The fourth-order valence-corrected chi connectivity index (χ4v) is 2.25. The average molecular weight is 183 g/mol. The van der Waals surface area contributed by atoms with E-state index in [0.717, 1.165) is 12.0 Å². The second-order valence-corrected chi connectivity index (χ2v) is 4.29. The number of piperidine rings is 1. The summed E-state index contributed by atoms with van der Waals surface area (Å²) < 4.78 is 0. The molecule has 76 valence electrons. The average Bonchev–Trinajstić information content (AvgIpc) is 2.69. The van der Waals surface area contributed by atoms with Gasteiger partial charge in [0.05, 0.1) is 0 Å². The molecule has 0 aromatic heterocycles. The van der Waals surface area contributed by atoms with Gasteiger partial charge in [-0.3, -0.25) is 0 Å². The zero-order chi connectivity index (χ0) is 8.93. The van der Waals surface area contributed by atoms with E-state index in [1.54, 1.807) is 0 Å². The highest BCUT2D eigenvalue weighted by atomic mass is 15.0. The molecule has 2 rings (SSSR count). The Morgan fingerprint density at radius 3 is 2.46 bits per heavy atom. The lowest BCUT2D eigenvalue weighted by molar-refractivity contribution is 0.343. The molecule has 0 aliphatic carbocycles. The summed E-state index contributed by atoms with van der Waals surface area (Å²) >= 11 is 0. The van der Waals surface area contributed by atoms with Gasteiger partial charge in [0.25, 0.3) is 0 Å². The van der Waals surface area contributed by atoms with Crippen LogP contribution < -0.4 is 16.0 Å². The van der Waals surface area contributed by atoms with Crippen molar-refractivity contribution in [1.29, 1.82) is 0 Å². The fourth-order valence-electron chi connectivity index (χ4n) is 2.25. The molecule has 2 aliphatic rings. The van der Waals surface area contributed by atoms with Crippen molar-refractivity contribution in [3.05, 3.63) is 0 Å². The van der Waals surface area contributed by atoms with Gasteiger partial charge in [-0.2, -0.15) is 0 Å². The molecular formula is C10H21N3. The lowest BCUT2D eigenvalue weighted by atomic mass is 9.98. The summed E-state index contributed by atoms with van der Waals surface area (Å²) in [6, 6.07) is 0.745. The van der Waals surface area contributed by atoms with Crippen LogP contribution in [-0.2, 0) is 0 Å². The van der Waals surface area contributed by atoms with E-state index in [4.69, 9.17) is 0 Å². The number of nitrogens with one attached hydrogen (secondary N) is 3. The molecule has 0 aromatic carbocycles. The van der Waals surface area contributed by atoms with Gasteiger partial charge in [-0.05, 0) is 51.4 Å². The Hall–Kier alpha value is -0.120. The highest BCUT2D eigenvalue weighted by molar-refractivity contribution is 4.79. The van der Waals surface area contributed by atoms with E-state index in [1.165, 1.54) is 52.0 Å². The summed E-state index contributed by atoms with van der Waals surface area (Å²) in [6.45, 7) is 6.04. The van der Waals surface area contributed by atoms with Crippen LogP contribution in [0.3, 0.4) is 0 Å². The Bertz CT molecular complexity index is 137. The summed E-state index contributed by atoms with van der Waals surface area (Å²) in [6.07, 6.45) is 4.02. The van der Waals surface area contributed by atoms with Crippen LogP contribution in [0.4, 0.5) is 0 Å². The molecule has 3 N–H and O–H groups in total. The standard InChI is InChI=1S/C10H21N3/c1-4-11-5-2-9(1)7-13-10-3-6-12-8-10/h9-13H,1-8H2. The van der Waals surface area contributed by atoms with E-state index in [-0.39, 0.29) is 0 Å². The van der Waals surface area contributed by atoms with Gasteiger partial charge in [0.2, 0.25) is 0 Å². The van der Waals surface area contributed by atoms with Crippen molar-refractivity contribution in [3.8, 4) is 0 Å². The van der Waals surface area contributed by atoms with Gasteiger partial charge in [0, 0.05) is 12.6 Å². The topological polar surface area (TPSA) is 36.1 Å². The monoisotopic (exact) mass is 183 g/mol. The highest BCUT2D eigenvalue weighted by Gasteiger charge is 2.17. The van der Waals surface area contributed by atoms with E-state index in [2.05, 4.69) is 16.0 Å². The van der Waals surface area contributed by atoms with E-state index in [1.807, 2.05) is 0 Å². The second kappa shape index (κ2) is 4.94. The molecule has 0 spiro atoms. The predicted octanol–water partition coefficient (Wildman–Crippen LogP) is -0.0625. The predicted molar refractivity (Wildman–Crippen MR) is 54.9 cm³/mol. The van der Waals surface area contributed by atoms with Gasteiger partial charge in [0.15, 0.2) is 0 Å². The van der Waals surface area contributed by atoms with E-state index in [9.17, 15) is 0 Å². The second-order valence-electron chi connectivity index (χ2n) is 4.29. The van der Waals surface area contributed by atoms with Gasteiger partial charge in [-0.1, -0.05) is 0 Å². The summed E-state index contributed by atoms with van der Waals surface area (Å²) in [7, 11) is 0. The molecule has 0 bridgehead atoms. The summed E-state index contributed by atoms with van der Waals surface area (Å²) in [5.74, 6) is 0.918. The molecule has 3 nitrogen and oxygen atoms in total. The Balaban J connectivity index is 1.60. The Labute approximate surface area is 80.7 Å². The van der Waals surface area contributed by atoms with Gasteiger partial charge in [-0.25, -0.2) is 0 Å². The molecule has 1 unspecified atom stereocenters. The molecule has 0 amide bonds. The first-order valence-corrected chi connectivity index (χ1v) is 5.60. The maximum Gasteiger partial charge on any atom is 0.0204 e. The Morgan fingerprint density at radius 1 is 1.00 bits per heavy atom. The number of rotatable bonds is 3. The fraction of sp³-hybridized carbons (Fsp3) is 1.00. The van der Waals surface area contributed by atoms with Crippen LogP contribution in [0.15, 0.2) is 0 Å². The first kappa shape index (κ1) is 9.44. The quantitative estimate of drug-likeness (QED) is 0.573. The normalized spacial score (nSPS) is 30.9. The van der Waals surface area contributed by atoms with E-state index in [0.29, 0.717) is 0 Å². The van der Waals surface area contributed by atoms with Crippen LogP contribution in [0, 0.1) is 5.92 Å². The molecule has 2 saturated heterocycles. The maximum absolute atomic E-state index is 3.66. The molecule has 0 saturated carbocycles. The molecule has 13 heavy (non-hydrogen) atoms. The van der Waals surface area contributed by atoms with Crippen LogP contribution in [0.25, 0.3) is 0 Å². The lowest BCUT2D eigenvalue weighted by Gasteiger charge is -2.24. The number of hydrogen-bond donors (Lipinski definition) is 3. The van der Waals surface area contributed by atoms with E-state index < -0.39 is 0 Å². The molecule has 2 heterocycles. The van der Waals surface area contributed by atoms with Gasteiger partial charge >= 0.3 is 0 Å². The SMILES string of the molecule is C1CC(CNC2CCNC2)CCN1. The molecule has 0 radical (unpaired) electrons. The van der Waals surface area contributed by atoms with Crippen molar-refractivity contribution >= 4 is 0 Å². The molecule has 1 atom stereocenters. The zero-order valence-corrected chi connectivity index (χ0v) is 8.31. The Kier molecular flexibility index (Phi) is 3.58. The van der Waals surface area contributed by atoms with Crippen LogP contribution >= 0.6 is 0 Å². The summed E-state index contributed by atoms with van der Waals surface area (Å²) in [5.41, 5.74) is 0. The van der Waals surface area contributed by atoms with Gasteiger partial charge in [-0.15, -0.1) is 0 Å². The summed E-state index contributed by atoms with van der Waals surface area (Å²) in [4.78, 5) is 0. The first-order valence-electron chi connectivity index (χ1n) is 5.60. The largest absolute Gasteiger partial charge is 0.317 e. The third-order valence-corrected chi connectivity index (χ3v) is 3.21. The van der Waals surface area contributed by atoms with Crippen LogP contribution in [0.1, 0.15) is 19.3 Å². The molecule has 2 fully saturated rings. The number of hydrogen-bond acceptors (Lipinski definition) is 3. The van der Waals surface area contributed by atoms with Crippen molar-refractivity contribution in [3.63, 3.8) is 0 Å². The minimum absolute atomic E-state index is 0.745. The van der Waals surface area contributed by atoms with E-state index >= 15 is 0 Å². The maximum atomic E-state index is 3.66. The molecule has 2 aliphatic heterocycles. The zero-order valence-electron chi connectivity index (χ0n) is 8.31. The van der Waals surface area contributed by atoms with Crippen molar-refractivity contribution in [2.24, 2.45) is 5.92 Å². The van der Waals surface area contributed by atoms with Crippen LogP contribution in [-0.4, -0.2) is 38.8 Å². The molecular weight excluding hydrogens is 162 g/mol. The first-order chi connectivity index (χ1) is 6.45. The lowest BCUT2D eigenvalue weighted by Crippen LogP contribution is -2.38. The summed E-state index contributed by atoms with van der Waals surface area (Å²) in [5, 5.41) is 10.4. The minimum atomic E-state index is 0.745. The Morgan fingerprint density at radius 2 is 1.77 bits per heavy atom. The van der Waals surface area contributed by atoms with Crippen molar-refractivity contribution in [2.45, 2.75) is 25.3 Å². The van der Waals surface area contributed by atoms with Gasteiger partial charge in [0.1, 0.15) is 0 Å². The van der Waals surface area contributed by atoms with Crippen LogP contribution in [0.2, 0.25) is 0 Å². The van der Waals surface area contributed by atoms with Crippen molar-refractivity contribution < 1.29 is 0 Å². The highest BCUT2D eigenvalue weighted by Crippen LogP contribution is 2.10. The van der Waals surface area contributed by atoms with Crippen molar-refractivity contribution in [1.82, 2.24) is 16.0 Å². The van der Waals surface area contributed by atoms with Crippen molar-refractivity contribution in [2.75, 3.05) is 32.7 Å². The smallest absolute Gasteiger partial charge is 0.0204 e. The minimum Gasteiger partial charge on any atom is -0.317 e.